The van der Waals surface area contributed by atoms with E-state index in [4.69, 9.17) is 26.1 Å². The Morgan fingerprint density at radius 2 is 1.76 bits per heavy atom. The Hall–Kier alpha value is -2.28. The lowest BCUT2D eigenvalue weighted by Crippen LogP contribution is -2.46. The first-order valence-electron chi connectivity index (χ1n) is 9.56. The standard InChI is InChI=1S/C22H24ClN3O2S/c1-27-20-8-7-16(13-21(20)28-2)22-24-17(15-29-22)14-25-9-11-26(12-10-25)19-6-4-3-5-18(19)23/h3-8,13,15H,9-12,14H2,1-2H3. The summed E-state index contributed by atoms with van der Waals surface area (Å²) in [5.74, 6) is 1.45. The summed E-state index contributed by atoms with van der Waals surface area (Å²) in [4.78, 5) is 9.64. The molecule has 0 N–H and O–H groups in total. The van der Waals surface area contributed by atoms with Gasteiger partial charge in [-0.3, -0.25) is 4.90 Å². The van der Waals surface area contributed by atoms with E-state index in [0.29, 0.717) is 0 Å². The van der Waals surface area contributed by atoms with Crippen LogP contribution in [0.15, 0.2) is 47.8 Å². The molecule has 0 amide bonds. The van der Waals surface area contributed by atoms with Gasteiger partial charge in [0.2, 0.25) is 0 Å². The molecule has 0 aliphatic carbocycles. The number of hydrogen-bond acceptors (Lipinski definition) is 6. The van der Waals surface area contributed by atoms with Crippen LogP contribution in [0.5, 0.6) is 11.5 Å². The highest BCUT2D eigenvalue weighted by Crippen LogP contribution is 2.34. The van der Waals surface area contributed by atoms with E-state index in [1.807, 2.05) is 36.4 Å². The van der Waals surface area contributed by atoms with Crippen LogP contribution < -0.4 is 14.4 Å². The Kier molecular flexibility index (Phi) is 6.23. The van der Waals surface area contributed by atoms with Crippen LogP contribution in [0.2, 0.25) is 5.02 Å². The first kappa shape index (κ1) is 20.0. The summed E-state index contributed by atoms with van der Waals surface area (Å²) < 4.78 is 10.7. The van der Waals surface area contributed by atoms with Gasteiger partial charge in [-0.2, -0.15) is 0 Å². The van der Waals surface area contributed by atoms with Gasteiger partial charge >= 0.3 is 0 Å². The molecule has 7 heteroatoms. The molecule has 5 nitrogen and oxygen atoms in total. The second kappa shape index (κ2) is 9.03. The van der Waals surface area contributed by atoms with Crippen LogP contribution in [0.25, 0.3) is 10.6 Å². The third kappa shape index (κ3) is 4.50. The van der Waals surface area contributed by atoms with Crippen molar-refractivity contribution in [3.63, 3.8) is 0 Å². The number of nitrogens with zero attached hydrogens (tertiary/aromatic N) is 3. The van der Waals surface area contributed by atoms with E-state index in [-0.39, 0.29) is 0 Å². The zero-order chi connectivity index (χ0) is 20.2. The van der Waals surface area contributed by atoms with E-state index >= 15 is 0 Å². The maximum atomic E-state index is 6.34. The SMILES string of the molecule is COc1ccc(-c2nc(CN3CCN(c4ccccc4Cl)CC3)cs2)cc1OC. The monoisotopic (exact) mass is 429 g/mol. The average molecular weight is 430 g/mol. The molecule has 1 saturated heterocycles. The lowest BCUT2D eigenvalue weighted by molar-refractivity contribution is 0.247. The van der Waals surface area contributed by atoms with Crippen molar-refractivity contribution in [1.82, 2.24) is 9.88 Å². The molecular formula is C22H24ClN3O2S. The molecule has 3 aromatic rings. The van der Waals surface area contributed by atoms with Crippen LogP contribution in [0.4, 0.5) is 5.69 Å². The zero-order valence-electron chi connectivity index (χ0n) is 16.6. The van der Waals surface area contributed by atoms with Gasteiger partial charge in [0.15, 0.2) is 11.5 Å². The Morgan fingerprint density at radius 3 is 2.48 bits per heavy atom. The molecular weight excluding hydrogens is 406 g/mol. The molecule has 1 fully saturated rings. The lowest BCUT2D eigenvalue weighted by Gasteiger charge is -2.36. The van der Waals surface area contributed by atoms with Gasteiger partial charge in [0.1, 0.15) is 5.01 Å². The molecule has 0 saturated carbocycles. The molecule has 0 radical (unpaired) electrons. The Bertz CT molecular complexity index is 970. The molecule has 152 valence electrons. The molecule has 0 spiro atoms. The average Bonchev–Trinajstić information content (AvgIpc) is 3.23. The smallest absolute Gasteiger partial charge is 0.161 e. The molecule has 0 atom stereocenters. The number of benzene rings is 2. The Morgan fingerprint density at radius 1 is 1.00 bits per heavy atom. The largest absolute Gasteiger partial charge is 0.493 e. The molecule has 4 rings (SSSR count). The lowest BCUT2D eigenvalue weighted by atomic mass is 10.2. The summed E-state index contributed by atoms with van der Waals surface area (Å²) in [7, 11) is 3.29. The van der Waals surface area contributed by atoms with Crippen LogP contribution in [0.1, 0.15) is 5.69 Å². The van der Waals surface area contributed by atoms with E-state index in [0.717, 1.165) is 71.2 Å². The summed E-state index contributed by atoms with van der Waals surface area (Å²) in [6.07, 6.45) is 0. The second-order valence-corrected chi connectivity index (χ2v) is 8.19. The van der Waals surface area contributed by atoms with Crippen molar-refractivity contribution in [2.45, 2.75) is 6.54 Å². The van der Waals surface area contributed by atoms with Gasteiger partial charge in [-0.25, -0.2) is 4.98 Å². The molecule has 1 aliphatic rings. The Labute approximate surface area is 180 Å². The highest BCUT2D eigenvalue weighted by molar-refractivity contribution is 7.13. The van der Waals surface area contributed by atoms with Gasteiger partial charge in [-0.05, 0) is 30.3 Å². The first-order chi connectivity index (χ1) is 14.2. The number of halogens is 1. The summed E-state index contributed by atoms with van der Waals surface area (Å²) in [6.45, 7) is 4.79. The maximum Gasteiger partial charge on any atom is 0.161 e. The van der Waals surface area contributed by atoms with Crippen molar-refractivity contribution in [2.75, 3.05) is 45.3 Å². The fourth-order valence-electron chi connectivity index (χ4n) is 3.57. The van der Waals surface area contributed by atoms with Gasteiger partial charge in [-0.15, -0.1) is 11.3 Å². The normalized spacial score (nSPS) is 14.8. The third-order valence-corrected chi connectivity index (χ3v) is 6.39. The number of aromatic nitrogens is 1. The van der Waals surface area contributed by atoms with Crippen molar-refractivity contribution < 1.29 is 9.47 Å². The molecule has 1 aliphatic heterocycles. The number of rotatable bonds is 6. The van der Waals surface area contributed by atoms with Crippen LogP contribution in [-0.4, -0.2) is 50.3 Å². The van der Waals surface area contributed by atoms with Crippen molar-refractivity contribution in [3.05, 3.63) is 58.6 Å². The highest BCUT2D eigenvalue weighted by atomic mass is 35.5. The predicted molar refractivity (Wildman–Crippen MR) is 120 cm³/mol. The summed E-state index contributed by atoms with van der Waals surface area (Å²) in [5.41, 5.74) is 3.27. The van der Waals surface area contributed by atoms with E-state index in [1.165, 1.54) is 0 Å². The van der Waals surface area contributed by atoms with Crippen LogP contribution in [-0.2, 0) is 6.54 Å². The fourth-order valence-corrected chi connectivity index (χ4v) is 4.63. The van der Waals surface area contributed by atoms with E-state index < -0.39 is 0 Å². The molecule has 2 heterocycles. The van der Waals surface area contributed by atoms with Gasteiger partial charge in [0, 0.05) is 43.7 Å². The topological polar surface area (TPSA) is 37.8 Å². The minimum atomic E-state index is 0.720. The number of anilines is 1. The summed E-state index contributed by atoms with van der Waals surface area (Å²) >= 11 is 8.01. The minimum Gasteiger partial charge on any atom is -0.493 e. The van der Waals surface area contributed by atoms with E-state index in [1.54, 1.807) is 25.6 Å². The van der Waals surface area contributed by atoms with Gasteiger partial charge in [0.25, 0.3) is 0 Å². The second-order valence-electron chi connectivity index (χ2n) is 6.93. The van der Waals surface area contributed by atoms with Crippen molar-refractivity contribution >= 4 is 28.6 Å². The quantitative estimate of drug-likeness (QED) is 0.562. The maximum absolute atomic E-state index is 6.34. The number of hydrogen-bond donors (Lipinski definition) is 0. The van der Waals surface area contributed by atoms with E-state index in [9.17, 15) is 0 Å². The molecule has 1 aromatic heterocycles. The van der Waals surface area contributed by atoms with Gasteiger partial charge in [0.05, 0.1) is 30.6 Å². The fraction of sp³-hybridized carbons (Fsp3) is 0.318. The van der Waals surface area contributed by atoms with Crippen LogP contribution in [0.3, 0.4) is 0 Å². The predicted octanol–water partition coefficient (Wildman–Crippen LogP) is 4.80. The third-order valence-electron chi connectivity index (χ3n) is 5.13. The van der Waals surface area contributed by atoms with Crippen molar-refractivity contribution in [3.8, 4) is 22.1 Å². The number of piperazine rings is 1. The van der Waals surface area contributed by atoms with Gasteiger partial charge in [-0.1, -0.05) is 23.7 Å². The molecule has 0 bridgehead atoms. The van der Waals surface area contributed by atoms with Crippen molar-refractivity contribution in [1.29, 1.82) is 0 Å². The number of ether oxygens (including phenoxy) is 2. The number of thiazole rings is 1. The number of methoxy groups -OCH3 is 2. The van der Waals surface area contributed by atoms with Gasteiger partial charge < -0.3 is 14.4 Å². The van der Waals surface area contributed by atoms with Crippen LogP contribution in [0, 0.1) is 0 Å². The van der Waals surface area contributed by atoms with Crippen LogP contribution >= 0.6 is 22.9 Å². The minimum absolute atomic E-state index is 0.720. The summed E-state index contributed by atoms with van der Waals surface area (Å²) in [5, 5.41) is 3.96. The zero-order valence-corrected chi connectivity index (χ0v) is 18.2. The first-order valence-corrected chi connectivity index (χ1v) is 10.8. The molecule has 29 heavy (non-hydrogen) atoms. The molecule has 0 unspecified atom stereocenters. The van der Waals surface area contributed by atoms with Crippen molar-refractivity contribution in [2.24, 2.45) is 0 Å². The highest BCUT2D eigenvalue weighted by Gasteiger charge is 2.20. The summed E-state index contributed by atoms with van der Waals surface area (Å²) in [6, 6.07) is 14.0. The number of para-hydroxylation sites is 1. The van der Waals surface area contributed by atoms with E-state index in [2.05, 4.69) is 21.2 Å². The Balaban J connectivity index is 1.38. The molecule has 2 aromatic carbocycles.